The second-order valence-electron chi connectivity index (χ2n) is 13.1. The summed E-state index contributed by atoms with van der Waals surface area (Å²) in [4.78, 5) is 9.32. The Morgan fingerprint density at radius 3 is 2.23 bits per heavy atom. The number of imidazole rings is 1. The summed E-state index contributed by atoms with van der Waals surface area (Å²) in [7, 11) is 0. The number of thiophene rings is 1. The summed E-state index contributed by atoms with van der Waals surface area (Å²) in [6.45, 7) is 11.6. The second-order valence-corrected chi connectivity index (χ2v) is 13.9. The maximum atomic E-state index is 7.23. The summed E-state index contributed by atoms with van der Waals surface area (Å²) in [5.74, 6) is 2.44. The van der Waals surface area contributed by atoms with Gasteiger partial charge in [-0.25, -0.2) is 0 Å². The predicted molar refractivity (Wildman–Crippen MR) is 201 cm³/mol. The average molecular weight is 829 g/mol. The molecule has 1 radical (unpaired) electrons. The van der Waals surface area contributed by atoms with Crippen LogP contribution in [0.2, 0.25) is 0 Å². The van der Waals surface area contributed by atoms with Gasteiger partial charge in [-0.15, -0.1) is 47.3 Å². The van der Waals surface area contributed by atoms with Crippen molar-refractivity contribution in [2.45, 2.75) is 66.7 Å². The fraction of sp³-hybridized carbons (Fsp3) is 0.256. The topological polar surface area (TPSA) is 30.7 Å². The number of rotatable bonds is 7. The molecular formula is C43H43IrN3S-2. The van der Waals surface area contributed by atoms with E-state index in [0.29, 0.717) is 17.8 Å². The molecule has 0 bridgehead atoms. The molecule has 0 atom stereocenters. The number of nitrogens with zero attached hydrogens (tertiary/aromatic N) is 3. The zero-order valence-electron chi connectivity index (χ0n) is 31.3. The Balaban J connectivity index is 0.000000249. The number of benzene rings is 4. The summed E-state index contributed by atoms with van der Waals surface area (Å²) in [5.41, 5.74) is 10.5. The van der Waals surface area contributed by atoms with Gasteiger partial charge in [0.15, 0.2) is 0 Å². The summed E-state index contributed by atoms with van der Waals surface area (Å²) < 4.78 is 25.4. The first-order chi connectivity index (χ1) is 23.9. The first-order valence-corrected chi connectivity index (χ1v) is 17.2. The smallest absolute Gasteiger partial charge is 0.0774 e. The minimum atomic E-state index is -2.09. The minimum absolute atomic E-state index is 0. The summed E-state index contributed by atoms with van der Waals surface area (Å²) in [5, 5.41) is 4.88. The van der Waals surface area contributed by atoms with Crippen molar-refractivity contribution in [3.05, 3.63) is 137 Å². The van der Waals surface area contributed by atoms with Crippen molar-refractivity contribution in [2.75, 3.05) is 0 Å². The Morgan fingerprint density at radius 1 is 0.833 bits per heavy atom. The fourth-order valence-corrected chi connectivity index (χ4v) is 6.98. The van der Waals surface area contributed by atoms with E-state index in [9.17, 15) is 0 Å². The van der Waals surface area contributed by atoms with Crippen LogP contribution in [0.15, 0.2) is 103 Å². The maximum absolute atomic E-state index is 7.23. The van der Waals surface area contributed by atoms with Crippen molar-refractivity contribution in [3.8, 4) is 28.3 Å². The second kappa shape index (κ2) is 15.6. The van der Waals surface area contributed by atoms with Crippen molar-refractivity contribution in [1.82, 2.24) is 14.5 Å². The van der Waals surface area contributed by atoms with E-state index in [2.05, 4.69) is 123 Å². The van der Waals surface area contributed by atoms with Crippen molar-refractivity contribution < 1.29 is 24.2 Å². The molecule has 0 aliphatic heterocycles. The molecule has 0 amide bonds. The maximum Gasteiger partial charge on any atom is 0.0774 e. The number of pyridine rings is 1. The van der Waals surface area contributed by atoms with E-state index < -0.39 is 6.85 Å². The molecular weight excluding hydrogens is 783 g/mol. The number of hydrogen-bond donors (Lipinski definition) is 0. The van der Waals surface area contributed by atoms with Gasteiger partial charge in [0.05, 0.1) is 16.9 Å². The van der Waals surface area contributed by atoms with Crippen molar-refractivity contribution in [3.63, 3.8) is 0 Å². The Labute approximate surface area is 307 Å². The van der Waals surface area contributed by atoms with E-state index >= 15 is 0 Å². The molecule has 4 aromatic carbocycles. The Bertz CT molecular complexity index is 2190. The zero-order chi connectivity index (χ0) is 35.6. The van der Waals surface area contributed by atoms with Gasteiger partial charge in [0.1, 0.15) is 0 Å². The third-order valence-electron chi connectivity index (χ3n) is 8.32. The van der Waals surface area contributed by atoms with Crippen LogP contribution in [0.25, 0.3) is 49.5 Å². The first-order valence-electron chi connectivity index (χ1n) is 17.9. The van der Waals surface area contributed by atoms with Crippen LogP contribution in [0.1, 0.15) is 79.7 Å². The Morgan fingerprint density at radius 2 is 1.58 bits per heavy atom. The van der Waals surface area contributed by atoms with Crippen LogP contribution in [-0.4, -0.2) is 14.5 Å². The number of fused-ring (bicyclic) bond motifs is 2. The van der Waals surface area contributed by atoms with E-state index in [1.165, 1.54) is 38.7 Å². The molecule has 0 aliphatic rings. The van der Waals surface area contributed by atoms with E-state index in [0.717, 1.165) is 40.1 Å². The molecule has 247 valence electrons. The fourth-order valence-electron chi connectivity index (χ4n) is 6.08. The molecule has 3 heterocycles. The Kier molecular flexibility index (Phi) is 10.2. The third-order valence-corrected chi connectivity index (χ3v) is 9.19. The molecule has 0 fully saturated rings. The van der Waals surface area contributed by atoms with E-state index in [1.807, 2.05) is 18.2 Å². The summed E-state index contributed by atoms with van der Waals surface area (Å²) in [6, 6.07) is 35.9. The van der Waals surface area contributed by atoms with Gasteiger partial charge in [-0.3, -0.25) is 16.3 Å². The van der Waals surface area contributed by atoms with Gasteiger partial charge in [0.2, 0.25) is 0 Å². The van der Waals surface area contributed by atoms with Gasteiger partial charge in [0.25, 0.3) is 0 Å². The molecule has 3 aromatic heterocycles. The van der Waals surface area contributed by atoms with Gasteiger partial charge in [-0.1, -0.05) is 117 Å². The SMILES string of the molecule is CC(C)Cc1ccc2c(-c3nc4ccccc4n3-c3c(C(C)C)cccc3C(C)C)[c-]sc2c1.[2H]C([2H])([2H])c1ccc(-c2[c-]cccc2)nc1.[Ir]. The summed E-state index contributed by atoms with van der Waals surface area (Å²) >= 11 is 1.71. The molecule has 5 heteroatoms. The number of hydrogen-bond acceptors (Lipinski definition) is 3. The molecule has 0 N–H and O–H groups in total. The standard InChI is InChI=1S/C31H33N2S.C12H10N.Ir/c1-19(2)16-22-14-15-25-26(18-34-29(25)17-22)31-32-27-12-7-8-13-28(27)33(31)30-23(20(3)4)10-9-11-24(30)21(5)6;1-10-7-8-12(13-9-10)11-5-3-2-4-6-11;/h7-15,17,19-21H,16H2,1-6H3;2-5,7-9H,1H3;/q2*-1;/i;1D3;. The molecule has 0 saturated heterocycles. The van der Waals surface area contributed by atoms with Crippen LogP contribution in [0.3, 0.4) is 0 Å². The van der Waals surface area contributed by atoms with Crippen LogP contribution in [-0.2, 0) is 26.5 Å². The van der Waals surface area contributed by atoms with E-state index in [4.69, 9.17) is 9.10 Å². The van der Waals surface area contributed by atoms with E-state index in [-0.39, 0.29) is 25.7 Å². The van der Waals surface area contributed by atoms with Gasteiger partial charge in [-0.05, 0) is 65.5 Å². The zero-order valence-corrected chi connectivity index (χ0v) is 31.5. The van der Waals surface area contributed by atoms with Crippen LogP contribution in [0.5, 0.6) is 0 Å². The van der Waals surface area contributed by atoms with Crippen molar-refractivity contribution >= 4 is 32.5 Å². The number of aryl methyl sites for hydroxylation is 1. The largest absolute Gasteiger partial charge is 0.333 e. The monoisotopic (exact) mass is 829 g/mol. The quantitative estimate of drug-likeness (QED) is 0.150. The van der Waals surface area contributed by atoms with Gasteiger partial charge >= 0.3 is 0 Å². The Hall–Kier alpha value is -3.89. The predicted octanol–water partition coefficient (Wildman–Crippen LogP) is 12.0. The molecule has 3 nitrogen and oxygen atoms in total. The van der Waals surface area contributed by atoms with Crippen molar-refractivity contribution in [2.24, 2.45) is 5.92 Å². The van der Waals surface area contributed by atoms with Crippen molar-refractivity contribution in [1.29, 1.82) is 0 Å². The molecule has 7 rings (SSSR count). The van der Waals surface area contributed by atoms with Gasteiger partial charge < -0.3 is 9.55 Å². The average Bonchev–Trinajstić information content (AvgIpc) is 3.69. The molecule has 7 aromatic rings. The molecule has 0 aliphatic carbocycles. The van der Waals surface area contributed by atoms with Crippen LogP contribution >= 0.6 is 11.3 Å². The van der Waals surface area contributed by atoms with Crippen LogP contribution in [0, 0.1) is 24.2 Å². The van der Waals surface area contributed by atoms with E-state index in [1.54, 1.807) is 29.5 Å². The molecule has 0 saturated carbocycles. The molecule has 48 heavy (non-hydrogen) atoms. The van der Waals surface area contributed by atoms with Crippen LogP contribution < -0.4 is 0 Å². The normalized spacial score (nSPS) is 12.5. The summed E-state index contributed by atoms with van der Waals surface area (Å²) in [6.07, 6.45) is 2.49. The first kappa shape index (κ1) is 31.4. The number of aromatic nitrogens is 3. The third kappa shape index (κ3) is 7.55. The minimum Gasteiger partial charge on any atom is -0.333 e. The molecule has 0 spiro atoms. The molecule has 0 unspecified atom stereocenters. The van der Waals surface area contributed by atoms with Crippen LogP contribution in [0.4, 0.5) is 0 Å². The number of para-hydroxylation sites is 3. The van der Waals surface area contributed by atoms with Gasteiger partial charge in [0, 0.05) is 36.1 Å². The van der Waals surface area contributed by atoms with Gasteiger partial charge in [-0.2, -0.15) is 0 Å².